The van der Waals surface area contributed by atoms with Gasteiger partial charge in [0, 0.05) is 26.7 Å². The van der Waals surface area contributed by atoms with Crippen LogP contribution in [0.3, 0.4) is 0 Å². The van der Waals surface area contributed by atoms with Crippen molar-refractivity contribution in [3.05, 3.63) is 24.3 Å². The molecule has 0 aromatic heterocycles. The zero-order valence-electron chi connectivity index (χ0n) is 16.7. The minimum atomic E-state index is -3.29. The lowest BCUT2D eigenvalue weighted by Gasteiger charge is -2.52. The Balaban J connectivity index is 1.30. The topological polar surface area (TPSA) is 97.4 Å². The van der Waals surface area contributed by atoms with Crippen LogP contribution in [0, 0.1) is 0 Å². The van der Waals surface area contributed by atoms with Gasteiger partial charge in [-0.1, -0.05) is 12.1 Å². The van der Waals surface area contributed by atoms with Crippen molar-refractivity contribution in [2.45, 2.75) is 17.0 Å². The van der Waals surface area contributed by atoms with Gasteiger partial charge in [-0.05, 0) is 12.1 Å². The van der Waals surface area contributed by atoms with Gasteiger partial charge in [-0.15, -0.1) is 0 Å². The molecule has 160 valence electrons. The van der Waals surface area contributed by atoms with E-state index in [2.05, 4.69) is 10.2 Å². The zero-order valence-corrected chi connectivity index (χ0v) is 17.5. The summed E-state index contributed by atoms with van der Waals surface area (Å²) < 4.78 is 42.0. The van der Waals surface area contributed by atoms with Crippen molar-refractivity contribution < 1.29 is 27.4 Å². The number of nitrogens with one attached hydrogen (secondary N) is 1. The number of amides is 2. The lowest BCUT2D eigenvalue weighted by molar-refractivity contribution is -0.119. The molecule has 0 radical (unpaired) electrons. The molecule has 0 unspecified atom stereocenters. The van der Waals surface area contributed by atoms with Gasteiger partial charge in [-0.25, -0.2) is 13.2 Å². The fraction of sp³-hybridized carbons (Fsp3) is 0.632. The number of likely N-dealkylation sites (tertiary alicyclic amines) is 2. The van der Waals surface area contributed by atoms with E-state index in [1.54, 1.807) is 30.2 Å². The number of anilines is 1. The van der Waals surface area contributed by atoms with E-state index in [1.807, 2.05) is 6.07 Å². The van der Waals surface area contributed by atoms with Gasteiger partial charge < -0.3 is 24.4 Å². The Kier molecular flexibility index (Phi) is 5.45. The lowest BCUT2D eigenvalue weighted by atomic mass is 9.96. The van der Waals surface area contributed by atoms with E-state index < -0.39 is 20.7 Å². The highest BCUT2D eigenvalue weighted by molar-refractivity contribution is 7.92. The van der Waals surface area contributed by atoms with E-state index in [1.165, 1.54) is 7.11 Å². The number of sulfone groups is 1. The van der Waals surface area contributed by atoms with Crippen LogP contribution in [0.2, 0.25) is 0 Å². The number of para-hydroxylation sites is 2. The minimum Gasteiger partial charge on any atom is -0.495 e. The number of rotatable bonds is 5. The smallest absolute Gasteiger partial charge is 0.322 e. The summed E-state index contributed by atoms with van der Waals surface area (Å²) in [6.45, 7) is 2.66. The van der Waals surface area contributed by atoms with E-state index in [0.29, 0.717) is 18.0 Å². The van der Waals surface area contributed by atoms with Crippen LogP contribution < -0.4 is 10.1 Å². The Bertz CT molecular complexity index is 864. The molecule has 0 saturated carbocycles. The molecule has 3 heterocycles. The molecule has 9 nitrogen and oxygen atoms in total. The number of methoxy groups -OCH3 is 2. The van der Waals surface area contributed by atoms with E-state index in [-0.39, 0.29) is 37.6 Å². The van der Waals surface area contributed by atoms with Gasteiger partial charge in [0.15, 0.2) is 9.84 Å². The van der Waals surface area contributed by atoms with Gasteiger partial charge in [0.2, 0.25) is 0 Å². The Morgan fingerprint density at radius 3 is 2.66 bits per heavy atom. The number of benzene rings is 1. The highest BCUT2D eigenvalue weighted by Crippen LogP contribution is 2.34. The Morgan fingerprint density at radius 2 is 2.00 bits per heavy atom. The highest BCUT2D eigenvalue weighted by atomic mass is 32.2. The van der Waals surface area contributed by atoms with Crippen LogP contribution in [0.1, 0.15) is 0 Å². The zero-order chi connectivity index (χ0) is 20.6. The van der Waals surface area contributed by atoms with Crippen LogP contribution in [0.15, 0.2) is 24.3 Å². The lowest BCUT2D eigenvalue weighted by Crippen LogP contribution is -2.71. The molecule has 1 aromatic carbocycles. The van der Waals surface area contributed by atoms with E-state index >= 15 is 0 Å². The summed E-state index contributed by atoms with van der Waals surface area (Å²) in [6.07, 6.45) is 0.190. The fourth-order valence-electron chi connectivity index (χ4n) is 4.09. The number of carbonyl (C=O) groups excluding carboxylic acids is 1. The summed E-state index contributed by atoms with van der Waals surface area (Å²) in [6, 6.07) is 6.84. The molecule has 1 spiro atoms. The average molecular weight is 426 g/mol. The van der Waals surface area contributed by atoms with Crippen LogP contribution in [0.25, 0.3) is 0 Å². The third-order valence-corrected chi connectivity index (χ3v) is 8.09. The quantitative estimate of drug-likeness (QED) is 0.730. The SMILES string of the molecule is COc1ccccc1NC(=O)N1CC2(C1)CS(=O)(=O)[C@@H](CN1CC(OC)C1)CO2. The Morgan fingerprint density at radius 1 is 1.28 bits per heavy atom. The van der Waals surface area contributed by atoms with Crippen molar-refractivity contribution in [3.8, 4) is 5.75 Å². The van der Waals surface area contributed by atoms with Gasteiger partial charge in [0.25, 0.3) is 0 Å². The number of hydrogen-bond acceptors (Lipinski definition) is 7. The third kappa shape index (κ3) is 4.07. The fourth-order valence-corrected chi connectivity index (χ4v) is 6.04. The first-order valence-electron chi connectivity index (χ1n) is 9.64. The maximum atomic E-state index is 12.8. The summed E-state index contributed by atoms with van der Waals surface area (Å²) in [5, 5.41) is 2.28. The van der Waals surface area contributed by atoms with E-state index in [0.717, 1.165) is 13.1 Å². The molecular formula is C19H27N3O6S. The van der Waals surface area contributed by atoms with E-state index in [4.69, 9.17) is 14.2 Å². The van der Waals surface area contributed by atoms with Gasteiger partial charge in [-0.2, -0.15) is 0 Å². The van der Waals surface area contributed by atoms with Crippen LogP contribution in [0.4, 0.5) is 10.5 Å². The molecule has 29 heavy (non-hydrogen) atoms. The van der Waals surface area contributed by atoms with Gasteiger partial charge in [0.05, 0.1) is 49.6 Å². The molecule has 10 heteroatoms. The first kappa shape index (κ1) is 20.4. The largest absolute Gasteiger partial charge is 0.495 e. The normalized spacial score (nSPS) is 25.9. The first-order chi connectivity index (χ1) is 13.8. The van der Waals surface area contributed by atoms with Crippen LogP contribution in [-0.4, -0.2) is 101 Å². The first-order valence-corrected chi connectivity index (χ1v) is 11.4. The second-order valence-corrected chi connectivity index (χ2v) is 10.3. The monoisotopic (exact) mass is 425 g/mol. The molecule has 1 aromatic rings. The Labute approximate surface area is 170 Å². The van der Waals surface area contributed by atoms with Crippen molar-refractivity contribution in [1.29, 1.82) is 0 Å². The maximum absolute atomic E-state index is 12.8. The highest BCUT2D eigenvalue weighted by Gasteiger charge is 2.54. The molecule has 1 N–H and O–H groups in total. The molecule has 4 rings (SSSR count). The third-order valence-electron chi connectivity index (χ3n) is 5.86. The summed E-state index contributed by atoms with van der Waals surface area (Å²) in [7, 11) is -0.0887. The average Bonchev–Trinajstić information content (AvgIpc) is 2.63. The molecule has 3 saturated heterocycles. The standard InChI is InChI=1S/C19H27N3O6S/c1-26-14-7-21(8-14)9-15-10-28-19(13-29(15,24)25)11-22(12-19)18(23)20-16-5-3-4-6-17(16)27-2/h3-6,14-15H,7-13H2,1-2H3,(H,20,23)/t15-/m0/s1. The summed E-state index contributed by atoms with van der Waals surface area (Å²) in [5.74, 6) is 0.516. The van der Waals surface area contributed by atoms with Crippen molar-refractivity contribution in [1.82, 2.24) is 9.80 Å². The van der Waals surface area contributed by atoms with Crippen molar-refractivity contribution in [2.75, 3.05) is 64.6 Å². The van der Waals surface area contributed by atoms with Crippen LogP contribution in [-0.2, 0) is 19.3 Å². The van der Waals surface area contributed by atoms with Gasteiger partial charge in [0.1, 0.15) is 11.4 Å². The molecular weight excluding hydrogens is 398 g/mol. The predicted molar refractivity (Wildman–Crippen MR) is 107 cm³/mol. The molecule has 0 bridgehead atoms. The summed E-state index contributed by atoms with van der Waals surface area (Å²) in [4.78, 5) is 16.1. The van der Waals surface area contributed by atoms with Crippen molar-refractivity contribution >= 4 is 21.6 Å². The number of carbonyl (C=O) groups is 1. The number of hydrogen-bond donors (Lipinski definition) is 1. The van der Waals surface area contributed by atoms with E-state index in [9.17, 15) is 13.2 Å². The molecule has 3 aliphatic heterocycles. The van der Waals surface area contributed by atoms with Crippen LogP contribution >= 0.6 is 0 Å². The minimum absolute atomic E-state index is 0.0509. The molecule has 1 atom stereocenters. The Hall–Kier alpha value is -1.88. The molecule has 3 aliphatic rings. The summed E-state index contributed by atoms with van der Waals surface area (Å²) >= 11 is 0. The predicted octanol–water partition coefficient (Wildman–Crippen LogP) is 0.426. The van der Waals surface area contributed by atoms with Crippen LogP contribution in [0.5, 0.6) is 5.75 Å². The number of ether oxygens (including phenoxy) is 3. The van der Waals surface area contributed by atoms with Gasteiger partial charge in [-0.3, -0.25) is 4.90 Å². The maximum Gasteiger partial charge on any atom is 0.322 e. The second-order valence-electron chi connectivity index (χ2n) is 7.99. The molecule has 0 aliphatic carbocycles. The number of nitrogens with zero attached hydrogens (tertiary/aromatic N) is 2. The van der Waals surface area contributed by atoms with Crippen molar-refractivity contribution in [3.63, 3.8) is 0 Å². The second kappa shape index (κ2) is 7.75. The number of urea groups is 1. The summed E-state index contributed by atoms with van der Waals surface area (Å²) in [5.41, 5.74) is -0.223. The molecule has 2 amide bonds. The van der Waals surface area contributed by atoms with Gasteiger partial charge >= 0.3 is 6.03 Å². The van der Waals surface area contributed by atoms with Crippen molar-refractivity contribution in [2.24, 2.45) is 0 Å². The molecule has 3 fully saturated rings.